The number of nitrogens with zero attached hydrogens (tertiary/aromatic N) is 2. The van der Waals surface area contributed by atoms with E-state index in [4.69, 9.17) is 17.3 Å². The molecular weight excluding hydrogens is 288 g/mol. The quantitative estimate of drug-likeness (QED) is 0.830. The van der Waals surface area contributed by atoms with Crippen molar-refractivity contribution in [3.63, 3.8) is 0 Å². The molecule has 1 amide bonds. The molecule has 2 aliphatic rings. The third-order valence-electron chi connectivity index (χ3n) is 4.10. The Hall–Kier alpha value is -1.30. The van der Waals surface area contributed by atoms with Crippen LogP contribution in [0, 0.1) is 0 Å². The smallest absolute Gasteiger partial charge is 0.238 e. The van der Waals surface area contributed by atoms with Crippen molar-refractivity contribution < 1.29 is 4.79 Å². The summed E-state index contributed by atoms with van der Waals surface area (Å²) < 4.78 is 0. The third-order valence-corrected chi connectivity index (χ3v) is 4.43. The topological polar surface area (TPSA) is 61.6 Å². The second kappa shape index (κ2) is 6.22. The van der Waals surface area contributed by atoms with Crippen molar-refractivity contribution in [3.05, 3.63) is 23.2 Å². The van der Waals surface area contributed by atoms with Crippen molar-refractivity contribution in [2.75, 3.05) is 43.8 Å². The van der Waals surface area contributed by atoms with Crippen LogP contribution in [0.2, 0.25) is 5.02 Å². The number of anilines is 2. The number of halogens is 1. The molecule has 2 fully saturated rings. The number of nitrogen functional groups attached to an aromatic ring is 1. The van der Waals surface area contributed by atoms with E-state index in [2.05, 4.69) is 15.1 Å². The Kier molecular flexibility index (Phi) is 4.33. The standard InChI is InChI=1S/C15H21ClN4O/c16-13-4-1-11(17)9-14(13)18-15(21)10-19-5-7-20(8-6-19)12-2-3-12/h1,4,9,12H,2-3,5-8,10,17H2,(H,18,21). The van der Waals surface area contributed by atoms with Gasteiger partial charge in [-0.05, 0) is 31.0 Å². The fourth-order valence-electron chi connectivity index (χ4n) is 2.76. The minimum atomic E-state index is -0.0395. The van der Waals surface area contributed by atoms with Crippen molar-refractivity contribution in [2.24, 2.45) is 0 Å². The molecular formula is C15H21ClN4O. The predicted molar refractivity (Wildman–Crippen MR) is 85.5 cm³/mol. The van der Waals surface area contributed by atoms with Gasteiger partial charge in [0.15, 0.2) is 0 Å². The molecule has 0 radical (unpaired) electrons. The van der Waals surface area contributed by atoms with Crippen LogP contribution in [0.5, 0.6) is 0 Å². The molecule has 0 spiro atoms. The third kappa shape index (κ3) is 3.87. The summed E-state index contributed by atoms with van der Waals surface area (Å²) in [6.45, 7) is 4.45. The van der Waals surface area contributed by atoms with E-state index in [1.54, 1.807) is 18.2 Å². The van der Waals surface area contributed by atoms with Crippen LogP contribution in [0.4, 0.5) is 11.4 Å². The maximum atomic E-state index is 12.1. The van der Waals surface area contributed by atoms with Crippen molar-refractivity contribution in [2.45, 2.75) is 18.9 Å². The molecule has 1 aliphatic heterocycles. The predicted octanol–water partition coefficient (Wildman–Crippen LogP) is 1.64. The molecule has 0 aromatic heterocycles. The van der Waals surface area contributed by atoms with Crippen molar-refractivity contribution in [3.8, 4) is 0 Å². The van der Waals surface area contributed by atoms with Crippen LogP contribution in [-0.4, -0.2) is 54.5 Å². The molecule has 21 heavy (non-hydrogen) atoms. The molecule has 0 unspecified atom stereocenters. The molecule has 5 nitrogen and oxygen atoms in total. The largest absolute Gasteiger partial charge is 0.399 e. The lowest BCUT2D eigenvalue weighted by Gasteiger charge is -2.34. The van der Waals surface area contributed by atoms with Gasteiger partial charge in [0.2, 0.25) is 5.91 Å². The second-order valence-corrected chi connectivity index (χ2v) is 6.24. The van der Waals surface area contributed by atoms with Crippen LogP contribution in [0.25, 0.3) is 0 Å². The molecule has 1 heterocycles. The fraction of sp³-hybridized carbons (Fsp3) is 0.533. The van der Waals surface area contributed by atoms with Crippen LogP contribution in [-0.2, 0) is 4.79 Å². The van der Waals surface area contributed by atoms with Crippen LogP contribution >= 0.6 is 11.6 Å². The van der Waals surface area contributed by atoms with E-state index in [1.807, 2.05) is 0 Å². The Morgan fingerprint density at radius 3 is 2.67 bits per heavy atom. The lowest BCUT2D eigenvalue weighted by Crippen LogP contribution is -2.49. The molecule has 1 aromatic rings. The molecule has 1 saturated heterocycles. The van der Waals surface area contributed by atoms with E-state index in [-0.39, 0.29) is 5.91 Å². The van der Waals surface area contributed by atoms with Gasteiger partial charge in [0.1, 0.15) is 0 Å². The summed E-state index contributed by atoms with van der Waals surface area (Å²) in [6.07, 6.45) is 2.68. The first-order chi connectivity index (χ1) is 10.1. The maximum Gasteiger partial charge on any atom is 0.238 e. The van der Waals surface area contributed by atoms with Gasteiger partial charge in [0, 0.05) is 37.9 Å². The summed E-state index contributed by atoms with van der Waals surface area (Å²) in [7, 11) is 0. The monoisotopic (exact) mass is 308 g/mol. The number of benzene rings is 1. The van der Waals surface area contributed by atoms with Crippen molar-refractivity contribution in [1.82, 2.24) is 9.80 Å². The van der Waals surface area contributed by atoms with Gasteiger partial charge < -0.3 is 11.1 Å². The van der Waals surface area contributed by atoms with E-state index >= 15 is 0 Å². The first kappa shape index (κ1) is 14.6. The van der Waals surface area contributed by atoms with Crippen LogP contribution in [0.1, 0.15) is 12.8 Å². The Morgan fingerprint density at radius 1 is 1.29 bits per heavy atom. The van der Waals surface area contributed by atoms with Crippen molar-refractivity contribution in [1.29, 1.82) is 0 Å². The van der Waals surface area contributed by atoms with E-state index in [0.717, 1.165) is 32.2 Å². The van der Waals surface area contributed by atoms with Crippen LogP contribution in [0.15, 0.2) is 18.2 Å². The van der Waals surface area contributed by atoms with Gasteiger partial charge in [0.25, 0.3) is 0 Å². The maximum absolute atomic E-state index is 12.1. The minimum absolute atomic E-state index is 0.0395. The lowest BCUT2D eigenvalue weighted by molar-refractivity contribution is -0.117. The Balaban J connectivity index is 1.49. The SMILES string of the molecule is Nc1ccc(Cl)c(NC(=O)CN2CCN(C3CC3)CC2)c1. The first-order valence-electron chi connectivity index (χ1n) is 7.43. The fourth-order valence-corrected chi connectivity index (χ4v) is 2.92. The van der Waals surface area contributed by atoms with Gasteiger partial charge in [-0.25, -0.2) is 0 Å². The number of nitrogens with one attached hydrogen (secondary N) is 1. The number of rotatable bonds is 4. The molecule has 0 atom stereocenters. The van der Waals surface area contributed by atoms with E-state index in [0.29, 0.717) is 22.9 Å². The molecule has 1 saturated carbocycles. The zero-order valence-corrected chi connectivity index (χ0v) is 12.8. The van der Waals surface area contributed by atoms with Gasteiger partial charge >= 0.3 is 0 Å². The summed E-state index contributed by atoms with van der Waals surface area (Å²) in [6, 6.07) is 5.91. The van der Waals surface area contributed by atoms with Crippen LogP contribution < -0.4 is 11.1 Å². The Labute approximate surface area is 130 Å². The number of nitrogens with two attached hydrogens (primary N) is 1. The van der Waals surface area contributed by atoms with E-state index in [1.165, 1.54) is 12.8 Å². The highest BCUT2D eigenvalue weighted by Crippen LogP contribution is 2.27. The molecule has 6 heteroatoms. The number of piperazine rings is 1. The Bertz CT molecular complexity index is 524. The van der Waals surface area contributed by atoms with Gasteiger partial charge in [-0.2, -0.15) is 0 Å². The molecule has 114 valence electrons. The average Bonchev–Trinajstić information content (AvgIpc) is 3.28. The summed E-state index contributed by atoms with van der Waals surface area (Å²) in [5, 5.41) is 3.35. The van der Waals surface area contributed by atoms with Gasteiger partial charge in [-0.1, -0.05) is 11.6 Å². The van der Waals surface area contributed by atoms with Gasteiger partial charge in [0.05, 0.1) is 17.3 Å². The average molecular weight is 309 g/mol. The van der Waals surface area contributed by atoms with Gasteiger partial charge in [-0.3, -0.25) is 14.6 Å². The molecule has 3 N–H and O–H groups in total. The zero-order valence-electron chi connectivity index (χ0n) is 12.0. The first-order valence-corrected chi connectivity index (χ1v) is 7.81. The minimum Gasteiger partial charge on any atom is -0.399 e. The summed E-state index contributed by atoms with van der Waals surface area (Å²) in [5.74, 6) is -0.0395. The highest BCUT2D eigenvalue weighted by atomic mass is 35.5. The number of carbonyl (C=O) groups excluding carboxylic acids is 1. The summed E-state index contributed by atoms with van der Waals surface area (Å²) in [4.78, 5) is 16.8. The summed E-state index contributed by atoms with van der Waals surface area (Å²) >= 11 is 6.05. The van der Waals surface area contributed by atoms with Crippen molar-refractivity contribution >= 4 is 28.9 Å². The van der Waals surface area contributed by atoms with E-state index < -0.39 is 0 Å². The summed E-state index contributed by atoms with van der Waals surface area (Å²) in [5.41, 5.74) is 6.88. The number of hydrogen-bond donors (Lipinski definition) is 2. The second-order valence-electron chi connectivity index (χ2n) is 5.83. The Morgan fingerprint density at radius 2 is 2.00 bits per heavy atom. The zero-order chi connectivity index (χ0) is 14.8. The number of hydrogen-bond acceptors (Lipinski definition) is 4. The molecule has 1 aliphatic carbocycles. The highest BCUT2D eigenvalue weighted by Gasteiger charge is 2.31. The van der Waals surface area contributed by atoms with Gasteiger partial charge in [-0.15, -0.1) is 0 Å². The molecule has 0 bridgehead atoms. The lowest BCUT2D eigenvalue weighted by atomic mass is 10.2. The van der Waals surface area contributed by atoms with E-state index in [9.17, 15) is 4.79 Å². The van der Waals surface area contributed by atoms with Crippen LogP contribution in [0.3, 0.4) is 0 Å². The molecule has 1 aromatic carbocycles. The highest BCUT2D eigenvalue weighted by molar-refractivity contribution is 6.33. The number of carbonyl (C=O) groups is 1. The normalized spacial score (nSPS) is 20.4. The molecule has 3 rings (SSSR count). The number of amides is 1.